The van der Waals surface area contributed by atoms with E-state index < -0.39 is 0 Å². The largest absolute Gasteiger partial charge is 0.369 e. The molecule has 112 valence electrons. The average molecular weight is 275 g/mol. The molecular weight excluding hydrogens is 246 g/mol. The van der Waals surface area contributed by atoms with Gasteiger partial charge in [0.1, 0.15) is 0 Å². The van der Waals surface area contributed by atoms with E-state index in [-0.39, 0.29) is 11.2 Å². The topological polar surface area (TPSA) is 21.3 Å². The first-order valence-electron chi connectivity index (χ1n) is 7.76. The second kappa shape index (κ2) is 5.87. The standard InChI is InChI=1S/C18H29NO/c1-17(2)13-15(18(3,4)20-17)11-12-16(19-5)14-9-7-6-8-10-14/h6-10,15-16,19H,11-13H2,1-5H3. The Labute approximate surface area is 123 Å². The van der Waals surface area contributed by atoms with Gasteiger partial charge >= 0.3 is 0 Å². The van der Waals surface area contributed by atoms with Gasteiger partial charge in [0.25, 0.3) is 0 Å². The van der Waals surface area contributed by atoms with Crippen molar-refractivity contribution in [3.63, 3.8) is 0 Å². The van der Waals surface area contributed by atoms with E-state index in [0.717, 1.165) is 12.8 Å². The van der Waals surface area contributed by atoms with E-state index in [4.69, 9.17) is 4.74 Å². The van der Waals surface area contributed by atoms with Crippen LogP contribution in [0.1, 0.15) is 58.6 Å². The van der Waals surface area contributed by atoms with E-state index in [9.17, 15) is 0 Å². The van der Waals surface area contributed by atoms with Gasteiger partial charge in [-0.3, -0.25) is 0 Å². The zero-order chi connectivity index (χ0) is 14.8. The Hall–Kier alpha value is -0.860. The van der Waals surface area contributed by atoms with Crippen LogP contribution in [0.2, 0.25) is 0 Å². The van der Waals surface area contributed by atoms with Crippen LogP contribution in [0.15, 0.2) is 30.3 Å². The van der Waals surface area contributed by atoms with Crippen LogP contribution >= 0.6 is 0 Å². The molecule has 1 aliphatic heterocycles. The van der Waals surface area contributed by atoms with Gasteiger partial charge in [-0.1, -0.05) is 30.3 Å². The Balaban J connectivity index is 1.97. The molecule has 1 aliphatic rings. The van der Waals surface area contributed by atoms with E-state index in [1.807, 2.05) is 0 Å². The van der Waals surface area contributed by atoms with Crippen LogP contribution in [-0.2, 0) is 4.74 Å². The molecular formula is C18H29NO. The van der Waals surface area contributed by atoms with Crippen LogP contribution in [0.25, 0.3) is 0 Å². The van der Waals surface area contributed by atoms with Gasteiger partial charge < -0.3 is 10.1 Å². The van der Waals surface area contributed by atoms with Crippen molar-refractivity contribution in [3.8, 4) is 0 Å². The Morgan fingerprint density at radius 1 is 1.20 bits per heavy atom. The Bertz CT molecular complexity index is 424. The number of benzene rings is 1. The molecule has 1 N–H and O–H groups in total. The van der Waals surface area contributed by atoms with Crippen molar-refractivity contribution >= 4 is 0 Å². The minimum Gasteiger partial charge on any atom is -0.369 e. The summed E-state index contributed by atoms with van der Waals surface area (Å²) in [4.78, 5) is 0. The van der Waals surface area contributed by atoms with E-state index >= 15 is 0 Å². The van der Waals surface area contributed by atoms with E-state index in [1.165, 1.54) is 12.0 Å². The van der Waals surface area contributed by atoms with E-state index in [2.05, 4.69) is 70.4 Å². The summed E-state index contributed by atoms with van der Waals surface area (Å²) in [6.07, 6.45) is 3.52. The normalized spacial score (nSPS) is 25.6. The number of nitrogens with one attached hydrogen (secondary N) is 1. The summed E-state index contributed by atoms with van der Waals surface area (Å²) in [5.41, 5.74) is 1.40. The molecule has 1 aromatic rings. The van der Waals surface area contributed by atoms with Crippen molar-refractivity contribution in [1.82, 2.24) is 5.32 Å². The lowest BCUT2D eigenvalue weighted by molar-refractivity contribution is -0.0754. The SMILES string of the molecule is CNC(CCC1CC(C)(C)OC1(C)C)c1ccccc1. The van der Waals surface area contributed by atoms with Crippen LogP contribution < -0.4 is 5.32 Å². The summed E-state index contributed by atoms with van der Waals surface area (Å²) >= 11 is 0. The fourth-order valence-corrected chi connectivity index (χ4v) is 3.66. The van der Waals surface area contributed by atoms with Gasteiger partial charge in [-0.05, 0) is 65.5 Å². The monoisotopic (exact) mass is 275 g/mol. The Morgan fingerprint density at radius 2 is 1.85 bits per heavy atom. The fourth-order valence-electron chi connectivity index (χ4n) is 3.66. The lowest BCUT2D eigenvalue weighted by atomic mass is 9.82. The van der Waals surface area contributed by atoms with Gasteiger partial charge in [-0.25, -0.2) is 0 Å². The lowest BCUT2D eigenvalue weighted by Crippen LogP contribution is -2.30. The average Bonchev–Trinajstić information content (AvgIpc) is 2.59. The van der Waals surface area contributed by atoms with Crippen molar-refractivity contribution in [2.24, 2.45) is 5.92 Å². The van der Waals surface area contributed by atoms with Crippen molar-refractivity contribution < 1.29 is 4.74 Å². The Morgan fingerprint density at radius 3 is 2.35 bits per heavy atom. The van der Waals surface area contributed by atoms with Crippen LogP contribution in [-0.4, -0.2) is 18.2 Å². The molecule has 1 fully saturated rings. The first-order valence-corrected chi connectivity index (χ1v) is 7.76. The minimum absolute atomic E-state index is 0.00151. The maximum Gasteiger partial charge on any atom is 0.0662 e. The van der Waals surface area contributed by atoms with E-state index in [1.54, 1.807) is 0 Å². The molecule has 2 unspecified atom stereocenters. The zero-order valence-corrected chi connectivity index (χ0v) is 13.6. The third-order valence-corrected chi connectivity index (χ3v) is 4.61. The molecule has 1 saturated heterocycles. The molecule has 0 aliphatic carbocycles. The summed E-state index contributed by atoms with van der Waals surface area (Å²) in [5, 5.41) is 3.45. The van der Waals surface area contributed by atoms with Crippen LogP contribution in [0, 0.1) is 5.92 Å². The van der Waals surface area contributed by atoms with Gasteiger partial charge in [-0.15, -0.1) is 0 Å². The molecule has 20 heavy (non-hydrogen) atoms. The predicted octanol–water partition coefficient (Wildman–Crippen LogP) is 4.32. The first kappa shape index (κ1) is 15.5. The van der Waals surface area contributed by atoms with Crippen LogP contribution in [0.5, 0.6) is 0 Å². The molecule has 0 bridgehead atoms. The quantitative estimate of drug-likeness (QED) is 0.864. The lowest BCUT2D eigenvalue weighted by Gasteiger charge is -2.28. The third kappa shape index (κ3) is 3.62. The molecule has 0 aromatic heterocycles. The summed E-state index contributed by atoms with van der Waals surface area (Å²) in [6, 6.07) is 11.2. The van der Waals surface area contributed by atoms with Gasteiger partial charge in [-0.2, -0.15) is 0 Å². The van der Waals surface area contributed by atoms with Gasteiger partial charge in [0.15, 0.2) is 0 Å². The summed E-state index contributed by atoms with van der Waals surface area (Å²) < 4.78 is 6.20. The minimum atomic E-state index is -0.00151. The Kier molecular flexibility index (Phi) is 4.55. The highest BCUT2D eigenvalue weighted by Gasteiger charge is 2.45. The van der Waals surface area contributed by atoms with Crippen LogP contribution in [0.3, 0.4) is 0 Å². The van der Waals surface area contributed by atoms with Crippen LogP contribution in [0.4, 0.5) is 0 Å². The summed E-state index contributed by atoms with van der Waals surface area (Å²) in [5.74, 6) is 0.636. The second-order valence-electron chi connectivity index (χ2n) is 7.20. The fraction of sp³-hybridized carbons (Fsp3) is 0.667. The maximum atomic E-state index is 6.20. The third-order valence-electron chi connectivity index (χ3n) is 4.61. The molecule has 1 heterocycles. The highest BCUT2D eigenvalue weighted by atomic mass is 16.5. The summed E-state index contributed by atoms with van der Waals surface area (Å²) in [6.45, 7) is 8.90. The molecule has 2 nitrogen and oxygen atoms in total. The molecule has 2 heteroatoms. The molecule has 0 radical (unpaired) electrons. The predicted molar refractivity (Wildman–Crippen MR) is 84.8 cm³/mol. The number of hydrogen-bond donors (Lipinski definition) is 1. The highest BCUT2D eigenvalue weighted by molar-refractivity contribution is 5.18. The van der Waals surface area contributed by atoms with Gasteiger partial charge in [0.05, 0.1) is 11.2 Å². The highest BCUT2D eigenvalue weighted by Crippen LogP contribution is 2.44. The number of hydrogen-bond acceptors (Lipinski definition) is 2. The van der Waals surface area contributed by atoms with Crippen molar-refractivity contribution in [1.29, 1.82) is 0 Å². The molecule has 2 rings (SSSR count). The number of ether oxygens (including phenoxy) is 1. The van der Waals surface area contributed by atoms with Crippen molar-refractivity contribution in [2.75, 3.05) is 7.05 Å². The molecule has 0 spiro atoms. The van der Waals surface area contributed by atoms with Gasteiger partial charge in [0.2, 0.25) is 0 Å². The smallest absolute Gasteiger partial charge is 0.0662 e. The number of rotatable bonds is 5. The van der Waals surface area contributed by atoms with Crippen molar-refractivity contribution in [3.05, 3.63) is 35.9 Å². The maximum absolute atomic E-state index is 6.20. The molecule has 0 amide bonds. The molecule has 1 aromatic carbocycles. The van der Waals surface area contributed by atoms with Crippen molar-refractivity contribution in [2.45, 2.75) is 64.2 Å². The summed E-state index contributed by atoms with van der Waals surface area (Å²) in [7, 11) is 2.05. The second-order valence-corrected chi connectivity index (χ2v) is 7.20. The van der Waals surface area contributed by atoms with E-state index in [0.29, 0.717) is 12.0 Å². The molecule has 2 atom stereocenters. The van der Waals surface area contributed by atoms with Gasteiger partial charge in [0, 0.05) is 6.04 Å². The molecule has 0 saturated carbocycles. The first-order chi connectivity index (χ1) is 9.34. The zero-order valence-electron chi connectivity index (χ0n) is 13.6.